The molecule has 0 amide bonds. The van der Waals surface area contributed by atoms with Crippen LogP contribution in [0.3, 0.4) is 0 Å². The maximum Gasteiger partial charge on any atom is 0.416 e. The Morgan fingerprint density at radius 1 is 0.857 bits per heavy atom. The molecule has 0 bridgehead atoms. The Balaban J connectivity index is -0.0000000536. The highest BCUT2D eigenvalue weighted by Crippen LogP contribution is 2.13. The Hall–Kier alpha value is -0.420. The lowest BCUT2D eigenvalue weighted by Crippen LogP contribution is -2.08. The van der Waals surface area contributed by atoms with E-state index in [1.54, 1.807) is 0 Å². The minimum Gasteiger partial charge on any atom is -0.255 e. The Labute approximate surface area is 81.3 Å². The van der Waals surface area contributed by atoms with Gasteiger partial charge in [0.2, 0.25) is 0 Å². The van der Waals surface area contributed by atoms with Gasteiger partial charge in [-0.15, -0.1) is 0 Å². The molecule has 0 unspecified atom stereocenters. The van der Waals surface area contributed by atoms with Gasteiger partial charge in [0.05, 0.1) is 13.9 Å². The molecule has 0 rings (SSSR count). The van der Waals surface area contributed by atoms with Crippen LogP contribution in [0.15, 0.2) is 0 Å². The lowest BCUT2D eigenvalue weighted by Gasteiger charge is -1.93. The third-order valence-electron chi connectivity index (χ3n) is 0.152. The van der Waals surface area contributed by atoms with E-state index in [1.807, 2.05) is 0 Å². The number of hydrogen-bond acceptors (Lipinski definition) is 0. The normalized spacial score (nSPS) is 8.14. The first kappa shape index (κ1) is 23.4. The topological polar surface area (TPSA) is 0 Å². The quantitative estimate of drug-likeness (QED) is 0.535. The van der Waals surface area contributed by atoms with Gasteiger partial charge in [0.15, 0.2) is 6.67 Å². The molecule has 0 aliphatic carbocycles. The van der Waals surface area contributed by atoms with Crippen LogP contribution in [-0.4, -0.2) is 26.7 Å². The van der Waals surface area contributed by atoms with E-state index in [1.165, 1.54) is 13.3 Å². The summed E-state index contributed by atoms with van der Waals surface area (Å²) in [5.74, 6) is 0. The second-order valence-electron chi connectivity index (χ2n) is 1.72. The summed E-state index contributed by atoms with van der Waals surface area (Å²) in [7, 11) is 0.500. The van der Waals surface area contributed by atoms with Crippen LogP contribution in [0.2, 0.25) is 0 Å². The molecule has 92 valence electrons. The summed E-state index contributed by atoms with van der Waals surface area (Å²) >= 11 is 0. The van der Waals surface area contributed by atoms with Gasteiger partial charge in [-0.3, -0.25) is 8.78 Å². The van der Waals surface area contributed by atoms with Crippen LogP contribution in [0.1, 0.15) is 27.2 Å². The van der Waals surface area contributed by atoms with Crippen LogP contribution < -0.4 is 0 Å². The molecule has 0 fully saturated rings. The molecule has 0 aromatic rings. The van der Waals surface area contributed by atoms with Crippen molar-refractivity contribution in [3.05, 3.63) is 0 Å². The van der Waals surface area contributed by atoms with Crippen molar-refractivity contribution in [2.45, 2.75) is 33.4 Å². The smallest absolute Gasteiger partial charge is 0.255 e. The lowest BCUT2D eigenvalue weighted by molar-refractivity contribution is -0.142. The zero-order chi connectivity index (χ0) is 12.6. The fourth-order valence-corrected chi connectivity index (χ4v) is 0. The van der Waals surface area contributed by atoms with E-state index < -0.39 is 12.9 Å². The van der Waals surface area contributed by atoms with Gasteiger partial charge in [-0.25, -0.2) is 4.39 Å². The molecule has 0 aromatic carbocycles. The molecule has 0 heterocycles. The minimum absolute atomic E-state index is 0.250. The predicted molar refractivity (Wildman–Crippen MR) is 46.7 cm³/mol. The van der Waals surface area contributed by atoms with E-state index in [0.29, 0.717) is 7.18 Å². The van der Waals surface area contributed by atoms with Crippen molar-refractivity contribution < 1.29 is 26.3 Å². The van der Waals surface area contributed by atoms with Crippen LogP contribution in [0.4, 0.5) is 26.3 Å². The first-order valence-electron chi connectivity index (χ1n) is 3.95. The molecule has 0 nitrogen and oxygen atoms in total. The van der Waals surface area contributed by atoms with Crippen molar-refractivity contribution in [3.63, 3.8) is 0 Å². The summed E-state index contributed by atoms with van der Waals surface area (Å²) in [5.41, 5.74) is 0. The Morgan fingerprint density at radius 2 is 0.929 bits per heavy atom. The van der Waals surface area contributed by atoms with E-state index in [2.05, 4.69) is 13.8 Å². The fourth-order valence-electron chi connectivity index (χ4n) is 0. The molecule has 0 N–H and O–H groups in total. The summed E-state index contributed by atoms with van der Waals surface area (Å²) in [6.45, 7) is 3.23. The summed E-state index contributed by atoms with van der Waals surface area (Å²) in [5, 5.41) is 0. The van der Waals surface area contributed by atoms with Crippen molar-refractivity contribution in [1.29, 1.82) is 0 Å². The van der Waals surface area contributed by atoms with Gasteiger partial charge in [-0.1, -0.05) is 20.3 Å². The third-order valence-corrected chi connectivity index (χ3v) is 0.152. The van der Waals surface area contributed by atoms with Gasteiger partial charge in [0.25, 0.3) is 0 Å². The first-order valence-corrected chi connectivity index (χ1v) is 3.95. The van der Waals surface area contributed by atoms with E-state index in [9.17, 15) is 26.3 Å². The summed E-state index contributed by atoms with van der Waals surface area (Å²) in [6, 6.07) is 0. The molecule has 0 saturated carbocycles. The molecule has 0 spiro atoms. The van der Waals surface area contributed by atoms with Crippen molar-refractivity contribution in [3.8, 4) is 0 Å². The molecular weight excluding hydrogens is 210 g/mol. The zero-order valence-corrected chi connectivity index (χ0v) is 8.89. The van der Waals surface area contributed by atoms with Crippen molar-refractivity contribution in [2.75, 3.05) is 20.5 Å². The zero-order valence-electron chi connectivity index (χ0n) is 8.89. The monoisotopic (exact) mass is 228 g/mol. The Bertz CT molecular complexity index is 59.3. The molecule has 0 aromatic heterocycles. The van der Waals surface area contributed by atoms with E-state index in [4.69, 9.17) is 0 Å². The van der Waals surface area contributed by atoms with Crippen molar-refractivity contribution in [2.24, 2.45) is 0 Å². The second kappa shape index (κ2) is 22.9. The van der Waals surface area contributed by atoms with E-state index in [-0.39, 0.29) is 6.67 Å². The number of alkyl halides is 6. The van der Waals surface area contributed by atoms with Crippen molar-refractivity contribution in [1.82, 2.24) is 0 Å². The summed E-state index contributed by atoms with van der Waals surface area (Å²) in [4.78, 5) is 0. The standard InChI is InChI=1S/C3H8.C2H2F4.C2H5F.CH3F/c1-3-2;3-1-2(4,5)6;1-2-3;1-2/h3H2,1-2H3;1H2;2H2,1H3;1H3. The molecule has 0 aliphatic heterocycles. The van der Waals surface area contributed by atoms with Crippen molar-refractivity contribution >= 4 is 0 Å². The molecule has 0 aliphatic rings. The van der Waals surface area contributed by atoms with Gasteiger partial charge < -0.3 is 0 Å². The number of halogens is 6. The number of hydrogen-bond donors (Lipinski definition) is 0. The first-order chi connectivity index (χ1) is 6.39. The van der Waals surface area contributed by atoms with E-state index >= 15 is 0 Å². The molecule has 0 radical (unpaired) electrons. The highest BCUT2D eigenvalue weighted by Gasteiger charge is 2.26. The second-order valence-corrected chi connectivity index (χ2v) is 1.72. The fraction of sp³-hybridized carbons (Fsp3) is 1.00. The van der Waals surface area contributed by atoms with Crippen LogP contribution in [0.5, 0.6) is 0 Å². The third kappa shape index (κ3) is 195. The van der Waals surface area contributed by atoms with Gasteiger partial charge in [-0.05, 0) is 6.92 Å². The predicted octanol–water partition coefficient (Wildman–Crippen LogP) is 4.50. The van der Waals surface area contributed by atoms with Gasteiger partial charge in [-0.2, -0.15) is 13.2 Å². The molecule has 6 heteroatoms. The van der Waals surface area contributed by atoms with Crippen LogP contribution >= 0.6 is 0 Å². The average Bonchev–Trinajstić information content (AvgIpc) is 2.10. The molecular formula is C8H18F6. The van der Waals surface area contributed by atoms with Gasteiger partial charge in [0.1, 0.15) is 0 Å². The summed E-state index contributed by atoms with van der Waals surface area (Å²) < 4.78 is 61.4. The Kier molecular flexibility index (Phi) is 38.3. The molecule has 0 atom stereocenters. The average molecular weight is 228 g/mol. The Morgan fingerprint density at radius 3 is 0.929 bits per heavy atom. The highest BCUT2D eigenvalue weighted by molar-refractivity contribution is 4.39. The van der Waals surface area contributed by atoms with Crippen LogP contribution in [-0.2, 0) is 0 Å². The van der Waals surface area contributed by atoms with Gasteiger partial charge >= 0.3 is 6.18 Å². The highest BCUT2D eigenvalue weighted by atomic mass is 19.4. The molecule has 0 saturated heterocycles. The maximum absolute atomic E-state index is 10.4. The molecule has 14 heavy (non-hydrogen) atoms. The van der Waals surface area contributed by atoms with Gasteiger partial charge in [0, 0.05) is 0 Å². The number of rotatable bonds is 0. The SMILES string of the molecule is CCC.CCF.CF.FCC(F)(F)F. The van der Waals surface area contributed by atoms with Crippen LogP contribution in [0, 0.1) is 0 Å². The van der Waals surface area contributed by atoms with E-state index in [0.717, 1.165) is 0 Å². The largest absolute Gasteiger partial charge is 0.416 e. The van der Waals surface area contributed by atoms with Crippen LogP contribution in [0.25, 0.3) is 0 Å². The minimum atomic E-state index is -4.62. The summed E-state index contributed by atoms with van der Waals surface area (Å²) in [6.07, 6.45) is -3.38. The maximum atomic E-state index is 10.4. The lowest BCUT2D eigenvalue weighted by atomic mass is 10.6.